The average Bonchev–Trinajstić information content (AvgIpc) is 2.65. The van der Waals surface area contributed by atoms with Crippen molar-refractivity contribution in [2.75, 3.05) is 32.1 Å². The monoisotopic (exact) mass is 419 g/mol. The second-order valence-electron chi connectivity index (χ2n) is 6.87. The number of halogens is 1. The second kappa shape index (κ2) is 8.31. The van der Waals surface area contributed by atoms with Gasteiger partial charge in [0.05, 0.1) is 17.3 Å². The van der Waals surface area contributed by atoms with Crippen LogP contribution in [-0.4, -0.2) is 53.1 Å². The summed E-state index contributed by atoms with van der Waals surface area (Å²) in [5.41, 5.74) is 3.34. The molecular weight excluding hydrogens is 394 g/mol. The van der Waals surface area contributed by atoms with Gasteiger partial charge in [-0.15, -0.1) is 0 Å². The lowest BCUT2D eigenvalue weighted by Gasteiger charge is -2.36. The lowest BCUT2D eigenvalue weighted by Crippen LogP contribution is -2.43. The van der Waals surface area contributed by atoms with Crippen molar-refractivity contribution < 1.29 is 4.74 Å². The Morgan fingerprint density at radius 1 is 1.15 bits per heavy atom. The minimum atomic E-state index is 0.467. The number of nitrogens with zero attached hydrogens (tertiary/aromatic N) is 5. The molecule has 0 atom stereocenters. The summed E-state index contributed by atoms with van der Waals surface area (Å²) in [6, 6.07) is 0.467. The quantitative estimate of drug-likeness (QED) is 0.740. The van der Waals surface area contributed by atoms with E-state index in [1.165, 1.54) is 0 Å². The Hall–Kier alpha value is -1.73. The number of aromatic nitrogens is 3. The molecule has 0 saturated carbocycles. The lowest BCUT2D eigenvalue weighted by atomic mass is 10.0. The van der Waals surface area contributed by atoms with Crippen LogP contribution in [0.1, 0.15) is 29.7 Å². The third-order valence-electron chi connectivity index (χ3n) is 5.15. The van der Waals surface area contributed by atoms with Gasteiger partial charge in [-0.05, 0) is 42.6 Å². The van der Waals surface area contributed by atoms with Crippen molar-refractivity contribution >= 4 is 21.9 Å². The molecule has 7 heteroatoms. The van der Waals surface area contributed by atoms with E-state index in [0.29, 0.717) is 6.04 Å². The number of hydrogen-bond acceptors (Lipinski definition) is 6. The molecule has 1 saturated heterocycles. The number of piperidine rings is 1. The van der Waals surface area contributed by atoms with Crippen LogP contribution in [0.5, 0.6) is 5.75 Å². The summed E-state index contributed by atoms with van der Waals surface area (Å²) >= 11 is 3.39. The molecule has 1 aliphatic heterocycles. The number of rotatable bonds is 5. The van der Waals surface area contributed by atoms with Crippen LogP contribution in [0, 0.1) is 13.8 Å². The first-order valence-electron chi connectivity index (χ1n) is 8.91. The first-order chi connectivity index (χ1) is 12.5. The fourth-order valence-corrected chi connectivity index (χ4v) is 3.76. The van der Waals surface area contributed by atoms with Crippen molar-refractivity contribution in [3.63, 3.8) is 0 Å². The second-order valence-corrected chi connectivity index (χ2v) is 7.78. The van der Waals surface area contributed by atoms with Gasteiger partial charge < -0.3 is 9.64 Å². The molecule has 2 aromatic rings. The van der Waals surface area contributed by atoms with Gasteiger partial charge in [0.2, 0.25) is 5.95 Å². The first-order valence-corrected chi connectivity index (χ1v) is 9.70. The van der Waals surface area contributed by atoms with Gasteiger partial charge in [0.15, 0.2) is 0 Å². The maximum Gasteiger partial charge on any atom is 0.225 e. The van der Waals surface area contributed by atoms with Crippen LogP contribution in [0.2, 0.25) is 0 Å². The molecule has 0 amide bonds. The Morgan fingerprint density at radius 2 is 1.81 bits per heavy atom. The van der Waals surface area contributed by atoms with Gasteiger partial charge in [-0.1, -0.05) is 0 Å². The molecule has 1 aliphatic rings. The highest BCUT2D eigenvalue weighted by molar-refractivity contribution is 9.10. The summed E-state index contributed by atoms with van der Waals surface area (Å²) in [7, 11) is 3.81. The Bertz CT molecular complexity index is 744. The summed E-state index contributed by atoms with van der Waals surface area (Å²) in [4.78, 5) is 18.1. The van der Waals surface area contributed by atoms with Gasteiger partial charge in [-0.2, -0.15) is 0 Å². The highest BCUT2D eigenvalue weighted by atomic mass is 79.9. The van der Waals surface area contributed by atoms with E-state index in [1.54, 1.807) is 19.5 Å². The van der Waals surface area contributed by atoms with Gasteiger partial charge in [0, 0.05) is 62.4 Å². The van der Waals surface area contributed by atoms with Crippen LogP contribution < -0.4 is 9.64 Å². The van der Waals surface area contributed by atoms with Gasteiger partial charge in [-0.25, -0.2) is 9.97 Å². The predicted molar refractivity (Wildman–Crippen MR) is 107 cm³/mol. The molecule has 0 aliphatic carbocycles. The number of likely N-dealkylation sites (tertiary alicyclic amines) is 1. The zero-order chi connectivity index (χ0) is 18.7. The Labute approximate surface area is 163 Å². The Kier molecular flexibility index (Phi) is 6.09. The molecule has 0 radical (unpaired) electrons. The number of methoxy groups -OCH3 is 1. The summed E-state index contributed by atoms with van der Waals surface area (Å²) in [5.74, 6) is 1.74. The van der Waals surface area contributed by atoms with Crippen LogP contribution >= 0.6 is 15.9 Å². The molecule has 0 spiro atoms. The third-order valence-corrected chi connectivity index (χ3v) is 5.56. The standard InChI is InChI=1S/C19H26BrN5O/c1-13-9-21-17(14(2)18(13)26-4)12-25-7-5-16(6-8-25)24(3)19-22-10-15(20)11-23-19/h9-11,16H,5-8,12H2,1-4H3. The average molecular weight is 420 g/mol. The van der Waals surface area contributed by atoms with E-state index in [4.69, 9.17) is 4.74 Å². The van der Waals surface area contributed by atoms with Gasteiger partial charge >= 0.3 is 0 Å². The molecule has 3 heterocycles. The maximum absolute atomic E-state index is 5.53. The minimum Gasteiger partial charge on any atom is -0.496 e. The number of aryl methyl sites for hydroxylation is 1. The Morgan fingerprint density at radius 3 is 2.42 bits per heavy atom. The van der Waals surface area contributed by atoms with Crippen LogP contribution in [0.3, 0.4) is 0 Å². The van der Waals surface area contributed by atoms with E-state index < -0.39 is 0 Å². The van der Waals surface area contributed by atoms with Crippen molar-refractivity contribution in [2.45, 2.75) is 39.3 Å². The highest BCUT2D eigenvalue weighted by Gasteiger charge is 2.24. The minimum absolute atomic E-state index is 0.467. The summed E-state index contributed by atoms with van der Waals surface area (Å²) in [6.45, 7) is 7.09. The molecule has 0 aromatic carbocycles. The van der Waals surface area contributed by atoms with E-state index >= 15 is 0 Å². The summed E-state index contributed by atoms with van der Waals surface area (Å²) < 4.78 is 6.43. The molecule has 140 valence electrons. The van der Waals surface area contributed by atoms with Gasteiger partial charge in [0.25, 0.3) is 0 Å². The molecule has 3 rings (SSSR count). The fourth-order valence-electron chi connectivity index (χ4n) is 3.56. The van der Waals surface area contributed by atoms with Crippen molar-refractivity contribution in [3.8, 4) is 5.75 Å². The van der Waals surface area contributed by atoms with Crippen LogP contribution in [-0.2, 0) is 6.54 Å². The zero-order valence-electron chi connectivity index (χ0n) is 15.9. The molecule has 26 heavy (non-hydrogen) atoms. The van der Waals surface area contributed by atoms with E-state index in [0.717, 1.165) is 65.5 Å². The summed E-state index contributed by atoms with van der Waals surface area (Å²) in [6.07, 6.45) is 7.70. The van der Waals surface area contributed by atoms with Crippen LogP contribution in [0.25, 0.3) is 0 Å². The SMILES string of the molecule is COc1c(C)cnc(CN2CCC(N(C)c3ncc(Br)cn3)CC2)c1C. The molecule has 0 bridgehead atoms. The number of pyridine rings is 1. The molecular formula is C19H26BrN5O. The number of anilines is 1. The van der Waals surface area contributed by atoms with Gasteiger partial charge in [-0.3, -0.25) is 9.88 Å². The maximum atomic E-state index is 5.53. The molecule has 6 nitrogen and oxygen atoms in total. The van der Waals surface area contributed by atoms with Crippen molar-refractivity contribution in [1.29, 1.82) is 0 Å². The lowest BCUT2D eigenvalue weighted by molar-refractivity contribution is 0.200. The molecule has 0 N–H and O–H groups in total. The van der Waals surface area contributed by atoms with E-state index in [2.05, 4.69) is 54.7 Å². The molecule has 1 fully saturated rings. The largest absolute Gasteiger partial charge is 0.496 e. The zero-order valence-corrected chi connectivity index (χ0v) is 17.5. The van der Waals surface area contributed by atoms with Gasteiger partial charge in [0.1, 0.15) is 5.75 Å². The number of hydrogen-bond donors (Lipinski definition) is 0. The summed E-state index contributed by atoms with van der Waals surface area (Å²) in [5, 5.41) is 0. The van der Waals surface area contributed by atoms with E-state index in [9.17, 15) is 0 Å². The van der Waals surface area contributed by atoms with E-state index in [1.807, 2.05) is 13.1 Å². The van der Waals surface area contributed by atoms with Crippen molar-refractivity contribution in [3.05, 3.63) is 39.9 Å². The van der Waals surface area contributed by atoms with Crippen LogP contribution in [0.4, 0.5) is 5.95 Å². The number of ether oxygens (including phenoxy) is 1. The Balaban J connectivity index is 1.60. The smallest absolute Gasteiger partial charge is 0.225 e. The van der Waals surface area contributed by atoms with Crippen molar-refractivity contribution in [1.82, 2.24) is 19.9 Å². The highest BCUT2D eigenvalue weighted by Crippen LogP contribution is 2.26. The topological polar surface area (TPSA) is 54.4 Å². The fraction of sp³-hybridized carbons (Fsp3) is 0.526. The van der Waals surface area contributed by atoms with Crippen LogP contribution in [0.15, 0.2) is 23.1 Å². The predicted octanol–water partition coefficient (Wildman–Crippen LogP) is 3.36. The van der Waals surface area contributed by atoms with E-state index in [-0.39, 0.29) is 0 Å². The normalized spacial score (nSPS) is 15.9. The molecule has 2 aromatic heterocycles. The van der Waals surface area contributed by atoms with Crippen molar-refractivity contribution in [2.24, 2.45) is 0 Å². The third kappa shape index (κ3) is 4.15. The first kappa shape index (κ1) is 19.0. The molecule has 0 unspecified atom stereocenters.